The van der Waals surface area contributed by atoms with Crippen molar-refractivity contribution in [1.82, 2.24) is 0 Å². The minimum Gasteiger partial charge on any atom is -0.822 e. The minimum atomic E-state index is -5.39. The maximum absolute atomic E-state index is 8.55. The zero-order chi connectivity index (χ0) is 13.5. The van der Waals surface area contributed by atoms with Crippen LogP contribution in [0.5, 0.6) is 0 Å². The van der Waals surface area contributed by atoms with Crippen molar-refractivity contribution in [2.75, 3.05) is 0 Å². The van der Waals surface area contributed by atoms with Crippen LogP contribution in [0.15, 0.2) is 0 Å². The average Bonchev–Trinajstić information content (AvgIpc) is 1.41. The van der Waals surface area contributed by atoms with E-state index in [9.17, 15) is 0 Å². The van der Waals surface area contributed by atoms with Crippen molar-refractivity contribution >= 4 is 23.5 Å². The monoisotopic (exact) mass is 405 g/mol. The fourth-order valence-electron chi connectivity index (χ4n) is 0. The normalized spacial score (nSPS) is 9.32. The Morgan fingerprint density at radius 1 is 0.474 bits per heavy atom. The van der Waals surface area contributed by atoms with Crippen LogP contribution in [0.1, 0.15) is 0 Å². The molecule has 19 heavy (non-hydrogen) atoms. The Morgan fingerprint density at radius 3 is 0.474 bits per heavy atom. The topological polar surface area (TPSA) is 259 Å². The fourth-order valence-corrected chi connectivity index (χ4v) is 0. The molecule has 0 aromatic rings. The number of hydrogen-bond donors (Lipinski definition) is 0. The molecule has 0 unspecified atom stereocenters. The van der Waals surface area contributed by atoms with Crippen molar-refractivity contribution in [3.05, 3.63) is 0 Å². The SMILES string of the molecule is O=P([O-])([O-])[O-].O=P([O-])([O-])[O-].O=P([O-])([O-])[O-].[Li+].[Li+].[Mn+2].[V+5]. The van der Waals surface area contributed by atoms with Crippen molar-refractivity contribution in [3.63, 3.8) is 0 Å². The molecule has 0 heterocycles. The van der Waals surface area contributed by atoms with E-state index < -0.39 is 23.5 Å². The Hall–Kier alpha value is 2.63. The molecule has 0 spiro atoms. The summed E-state index contributed by atoms with van der Waals surface area (Å²) < 4.78 is 25.6. The first kappa shape index (κ1) is 43.0. The van der Waals surface area contributed by atoms with E-state index in [-0.39, 0.29) is 73.3 Å². The first-order valence-corrected chi connectivity index (χ1v) is 6.57. The van der Waals surface area contributed by atoms with Gasteiger partial charge < -0.3 is 57.7 Å². The molecule has 19 heteroatoms. The van der Waals surface area contributed by atoms with Gasteiger partial charge in [0.05, 0.1) is 0 Å². The maximum Gasteiger partial charge on any atom is 5.00 e. The van der Waals surface area contributed by atoms with E-state index in [1.807, 2.05) is 0 Å². The summed E-state index contributed by atoms with van der Waals surface area (Å²) in [6, 6.07) is 0. The van der Waals surface area contributed by atoms with Crippen molar-refractivity contribution < 1.29 is 131 Å². The first-order chi connectivity index (χ1) is 6.00. The van der Waals surface area contributed by atoms with E-state index in [0.717, 1.165) is 0 Å². The van der Waals surface area contributed by atoms with Crippen LogP contribution in [0.4, 0.5) is 0 Å². The third kappa shape index (κ3) is 1040. The van der Waals surface area contributed by atoms with Crippen LogP contribution in [0.2, 0.25) is 0 Å². The number of rotatable bonds is 0. The van der Waals surface area contributed by atoms with Crippen LogP contribution in [-0.4, -0.2) is 0 Å². The largest absolute Gasteiger partial charge is 5.00 e. The quantitative estimate of drug-likeness (QED) is 0.269. The van der Waals surface area contributed by atoms with E-state index in [1.54, 1.807) is 0 Å². The predicted molar refractivity (Wildman–Crippen MR) is 22.8 cm³/mol. The third-order valence-electron chi connectivity index (χ3n) is 0. The molecule has 0 fully saturated rings. The molecule has 12 nitrogen and oxygen atoms in total. The van der Waals surface area contributed by atoms with E-state index in [2.05, 4.69) is 0 Å². The average molecular weight is 405 g/mol. The van der Waals surface area contributed by atoms with Gasteiger partial charge in [-0.1, -0.05) is 0 Å². The maximum atomic E-state index is 8.55. The van der Waals surface area contributed by atoms with Crippen LogP contribution >= 0.6 is 23.5 Å². The summed E-state index contributed by atoms with van der Waals surface area (Å²) in [6.45, 7) is 0. The molecule has 0 aliphatic rings. The molecule has 0 aromatic carbocycles. The van der Waals surface area contributed by atoms with Gasteiger partial charge in [-0.05, 0) is 0 Å². The van der Waals surface area contributed by atoms with Crippen LogP contribution in [0, 0.1) is 0 Å². The third-order valence-corrected chi connectivity index (χ3v) is 0. The summed E-state index contributed by atoms with van der Waals surface area (Å²) in [5.41, 5.74) is 0. The van der Waals surface area contributed by atoms with E-state index >= 15 is 0 Å². The Balaban J connectivity index is -0.0000000206. The Morgan fingerprint density at radius 2 is 0.474 bits per heavy atom. The summed E-state index contributed by atoms with van der Waals surface area (Å²) in [4.78, 5) is 76.9. The van der Waals surface area contributed by atoms with Gasteiger partial charge in [0, 0.05) is 0 Å². The molecule has 0 aliphatic carbocycles. The number of hydrogen-bond acceptors (Lipinski definition) is 12. The molecular weight excluding hydrogens is 405 g/mol. The van der Waals surface area contributed by atoms with Crippen LogP contribution < -0.4 is 81.8 Å². The molecule has 0 aliphatic heterocycles. The molecular formula is Li2MnO12P3V. The fraction of sp³-hybridized carbons (Fsp3) is 0. The molecule has 101 valence electrons. The first-order valence-electron chi connectivity index (χ1n) is 2.19. The van der Waals surface area contributed by atoms with Gasteiger partial charge in [-0.15, -0.1) is 0 Å². The van der Waals surface area contributed by atoms with Gasteiger partial charge in [0.2, 0.25) is 0 Å². The van der Waals surface area contributed by atoms with E-state index in [0.29, 0.717) is 0 Å². The molecule has 0 amide bonds. The van der Waals surface area contributed by atoms with Crippen molar-refractivity contribution in [3.8, 4) is 0 Å². The second-order valence-corrected chi connectivity index (χ2v) is 4.02. The number of phosphoric acid groups is 3. The molecule has 0 bridgehead atoms. The predicted octanol–water partition coefficient (Wildman–Crippen LogP) is -14.5. The Bertz CT molecular complexity index is 217. The molecule has 0 N–H and O–H groups in total. The molecule has 0 rings (SSSR count). The van der Waals surface area contributed by atoms with Gasteiger partial charge in [-0.2, -0.15) is 23.5 Å². The summed E-state index contributed by atoms with van der Waals surface area (Å²) in [7, 11) is -16.2. The standard InChI is InChI=1S/2Li.Mn.3H3O4P.V/c;;;3*1-5(2,3)4;/h;;;3*(H3,1,2,3,4);/q2*+1;+2;;;;+5/p-9. The Labute approximate surface area is 153 Å². The molecule has 0 atom stereocenters. The molecule has 0 saturated carbocycles. The molecule has 1 radical (unpaired) electrons. The van der Waals surface area contributed by atoms with Crippen molar-refractivity contribution in [2.45, 2.75) is 0 Å². The van der Waals surface area contributed by atoms with E-state index in [4.69, 9.17) is 57.7 Å². The van der Waals surface area contributed by atoms with Crippen molar-refractivity contribution in [1.29, 1.82) is 0 Å². The van der Waals surface area contributed by atoms with Crippen LogP contribution in [-0.2, 0) is 49.3 Å². The second kappa shape index (κ2) is 18.7. The Kier molecular flexibility index (Phi) is 42.3. The van der Waals surface area contributed by atoms with Gasteiger partial charge in [-0.3, -0.25) is 0 Å². The summed E-state index contributed by atoms with van der Waals surface area (Å²) in [5, 5.41) is 0. The van der Waals surface area contributed by atoms with Gasteiger partial charge in [0.15, 0.2) is 0 Å². The van der Waals surface area contributed by atoms with Gasteiger partial charge >= 0.3 is 73.3 Å². The summed E-state index contributed by atoms with van der Waals surface area (Å²) >= 11 is 0. The molecule has 0 saturated heterocycles. The van der Waals surface area contributed by atoms with E-state index in [1.165, 1.54) is 0 Å². The summed E-state index contributed by atoms with van der Waals surface area (Å²) in [6.07, 6.45) is 0. The van der Waals surface area contributed by atoms with Gasteiger partial charge in [0.1, 0.15) is 0 Å². The van der Waals surface area contributed by atoms with Gasteiger partial charge in [-0.25, -0.2) is 0 Å². The minimum absolute atomic E-state index is 0. The van der Waals surface area contributed by atoms with Crippen molar-refractivity contribution in [2.24, 2.45) is 0 Å². The second-order valence-electron chi connectivity index (χ2n) is 1.34. The van der Waals surface area contributed by atoms with Crippen LogP contribution in [0.3, 0.4) is 0 Å². The smallest absolute Gasteiger partial charge is 0.822 e. The molecule has 0 aromatic heterocycles. The zero-order valence-corrected chi connectivity index (χ0v) is 14.3. The van der Waals surface area contributed by atoms with Gasteiger partial charge in [0.25, 0.3) is 0 Å². The summed E-state index contributed by atoms with van der Waals surface area (Å²) in [5.74, 6) is 0. The van der Waals surface area contributed by atoms with Crippen LogP contribution in [0.25, 0.3) is 0 Å². The zero-order valence-electron chi connectivity index (χ0n) is 9.07.